The summed E-state index contributed by atoms with van der Waals surface area (Å²) in [5.41, 5.74) is 0.697. The molecule has 0 bridgehead atoms. The summed E-state index contributed by atoms with van der Waals surface area (Å²) in [5, 5.41) is 10.2. The van der Waals surface area contributed by atoms with Gasteiger partial charge in [0.25, 0.3) is 0 Å². The van der Waals surface area contributed by atoms with E-state index in [4.69, 9.17) is 4.74 Å². The fraction of sp³-hybridized carbons (Fsp3) is 0. The zero-order valence-electron chi connectivity index (χ0n) is 9.82. The van der Waals surface area contributed by atoms with E-state index >= 15 is 0 Å². The first-order chi connectivity index (χ1) is 9.13. The summed E-state index contributed by atoms with van der Waals surface area (Å²) in [6.07, 6.45) is 2.26. The van der Waals surface area contributed by atoms with Crippen LogP contribution >= 0.6 is 0 Å². The Balaban J connectivity index is 2.06. The van der Waals surface area contributed by atoms with Crippen molar-refractivity contribution in [1.29, 1.82) is 0 Å². The molecule has 0 spiro atoms. The largest absolute Gasteiger partial charge is 0.457 e. The number of ether oxygens (including phenoxy) is 1. The molecule has 0 heterocycles. The van der Waals surface area contributed by atoms with Gasteiger partial charge < -0.3 is 4.74 Å². The molecule has 0 aromatic heterocycles. The Hall–Kier alpha value is -2.69. The highest BCUT2D eigenvalue weighted by molar-refractivity contribution is 5.49. The van der Waals surface area contributed by atoms with Gasteiger partial charge in [0, 0.05) is 6.08 Å². The molecule has 0 atom stereocenters. The molecule has 0 saturated heterocycles. The van der Waals surface area contributed by atoms with Gasteiger partial charge in [-0.25, -0.2) is 4.39 Å². The van der Waals surface area contributed by atoms with Crippen molar-refractivity contribution in [3.8, 4) is 11.5 Å². The van der Waals surface area contributed by atoms with Gasteiger partial charge in [0.15, 0.2) is 0 Å². The van der Waals surface area contributed by atoms with Crippen LogP contribution in [0.25, 0.3) is 6.08 Å². The molecule has 96 valence electrons. The molecule has 0 unspecified atom stereocenters. The van der Waals surface area contributed by atoms with Gasteiger partial charge >= 0.3 is 0 Å². The molecule has 0 aliphatic heterocycles. The average Bonchev–Trinajstić information content (AvgIpc) is 2.40. The molecule has 0 aliphatic rings. The SMILES string of the molecule is O=[N+]([O-])/C=C/c1ccc(Oc2ccc(F)cc2)cc1. The number of rotatable bonds is 4. The van der Waals surface area contributed by atoms with Crippen molar-refractivity contribution < 1.29 is 14.1 Å². The summed E-state index contributed by atoms with van der Waals surface area (Å²) in [6, 6.07) is 12.4. The van der Waals surface area contributed by atoms with E-state index in [2.05, 4.69) is 0 Å². The highest BCUT2D eigenvalue weighted by atomic mass is 19.1. The van der Waals surface area contributed by atoms with Crippen LogP contribution in [-0.4, -0.2) is 4.92 Å². The zero-order chi connectivity index (χ0) is 13.7. The summed E-state index contributed by atoms with van der Waals surface area (Å²) in [5.74, 6) is 0.771. The number of nitro groups is 1. The quantitative estimate of drug-likeness (QED) is 0.618. The Morgan fingerprint density at radius 3 is 2.05 bits per heavy atom. The first-order valence-corrected chi connectivity index (χ1v) is 5.49. The Kier molecular flexibility index (Phi) is 3.87. The lowest BCUT2D eigenvalue weighted by molar-refractivity contribution is -0.400. The van der Waals surface area contributed by atoms with Crippen LogP contribution in [0.3, 0.4) is 0 Å². The highest BCUT2D eigenvalue weighted by Gasteiger charge is 1.98. The first kappa shape index (κ1) is 12.8. The Morgan fingerprint density at radius 1 is 1.00 bits per heavy atom. The van der Waals surface area contributed by atoms with Gasteiger partial charge in [-0.05, 0) is 42.0 Å². The van der Waals surface area contributed by atoms with Crippen LogP contribution in [0, 0.1) is 15.9 Å². The van der Waals surface area contributed by atoms with Crippen LogP contribution in [0.15, 0.2) is 54.7 Å². The fourth-order valence-corrected chi connectivity index (χ4v) is 1.43. The Bertz CT molecular complexity index is 591. The average molecular weight is 259 g/mol. The molecule has 0 fully saturated rings. The minimum absolute atomic E-state index is 0.326. The standard InChI is InChI=1S/C14H10FNO3/c15-12-3-7-14(8-4-12)19-13-5-1-11(2-6-13)9-10-16(17)18/h1-10H/b10-9+. The van der Waals surface area contributed by atoms with Crippen LogP contribution in [-0.2, 0) is 0 Å². The predicted octanol–water partition coefficient (Wildman–Crippen LogP) is 3.87. The van der Waals surface area contributed by atoms with E-state index in [1.54, 1.807) is 24.3 Å². The van der Waals surface area contributed by atoms with Gasteiger partial charge in [-0.1, -0.05) is 12.1 Å². The van der Waals surface area contributed by atoms with Gasteiger partial charge in [-0.15, -0.1) is 0 Å². The van der Waals surface area contributed by atoms with Crippen LogP contribution in [0.1, 0.15) is 5.56 Å². The van der Waals surface area contributed by atoms with Crippen molar-refractivity contribution in [3.63, 3.8) is 0 Å². The normalized spacial score (nSPS) is 10.6. The summed E-state index contributed by atoms with van der Waals surface area (Å²) >= 11 is 0. The van der Waals surface area contributed by atoms with Crippen molar-refractivity contribution in [2.45, 2.75) is 0 Å². The van der Waals surface area contributed by atoms with Gasteiger partial charge in [0.1, 0.15) is 17.3 Å². The van der Waals surface area contributed by atoms with Gasteiger partial charge in [-0.2, -0.15) is 0 Å². The maximum absolute atomic E-state index is 12.7. The minimum Gasteiger partial charge on any atom is -0.457 e. The molecule has 0 radical (unpaired) electrons. The van der Waals surface area contributed by atoms with Gasteiger partial charge in [0.2, 0.25) is 6.20 Å². The van der Waals surface area contributed by atoms with E-state index in [0.717, 1.165) is 6.20 Å². The Morgan fingerprint density at radius 2 is 1.53 bits per heavy atom. The lowest BCUT2D eigenvalue weighted by atomic mass is 10.2. The van der Waals surface area contributed by atoms with Crippen LogP contribution in [0.5, 0.6) is 11.5 Å². The highest BCUT2D eigenvalue weighted by Crippen LogP contribution is 2.22. The minimum atomic E-state index is -0.525. The molecule has 19 heavy (non-hydrogen) atoms. The monoisotopic (exact) mass is 259 g/mol. The van der Waals surface area contributed by atoms with Crippen molar-refractivity contribution in [2.75, 3.05) is 0 Å². The van der Waals surface area contributed by atoms with E-state index < -0.39 is 4.92 Å². The van der Waals surface area contributed by atoms with Crippen molar-refractivity contribution in [1.82, 2.24) is 0 Å². The van der Waals surface area contributed by atoms with E-state index in [0.29, 0.717) is 17.1 Å². The lowest BCUT2D eigenvalue weighted by Gasteiger charge is -2.05. The first-order valence-electron chi connectivity index (χ1n) is 5.49. The second kappa shape index (κ2) is 5.77. The van der Waals surface area contributed by atoms with E-state index in [1.807, 2.05) is 0 Å². The number of benzene rings is 2. The molecule has 2 aromatic carbocycles. The van der Waals surface area contributed by atoms with E-state index in [9.17, 15) is 14.5 Å². The second-order valence-electron chi connectivity index (χ2n) is 3.73. The van der Waals surface area contributed by atoms with E-state index in [1.165, 1.54) is 30.3 Å². The summed E-state index contributed by atoms with van der Waals surface area (Å²) in [4.78, 5) is 9.65. The zero-order valence-corrected chi connectivity index (χ0v) is 9.82. The van der Waals surface area contributed by atoms with Gasteiger partial charge in [0.05, 0.1) is 4.92 Å². The third kappa shape index (κ3) is 3.92. The molecule has 0 N–H and O–H groups in total. The van der Waals surface area contributed by atoms with Gasteiger partial charge in [-0.3, -0.25) is 10.1 Å². The number of hydrogen-bond donors (Lipinski definition) is 0. The Labute approximate surface area is 108 Å². The maximum Gasteiger partial charge on any atom is 0.235 e. The van der Waals surface area contributed by atoms with Crippen molar-refractivity contribution in [3.05, 3.63) is 76.2 Å². The second-order valence-corrected chi connectivity index (χ2v) is 3.73. The third-order valence-corrected chi connectivity index (χ3v) is 2.32. The fourth-order valence-electron chi connectivity index (χ4n) is 1.43. The lowest BCUT2D eigenvalue weighted by Crippen LogP contribution is -1.85. The molecule has 2 rings (SSSR count). The summed E-state index contributed by atoms with van der Waals surface area (Å²) < 4.78 is 18.2. The van der Waals surface area contributed by atoms with E-state index in [-0.39, 0.29) is 5.82 Å². The summed E-state index contributed by atoms with van der Waals surface area (Å²) in [7, 11) is 0. The topological polar surface area (TPSA) is 52.4 Å². The van der Waals surface area contributed by atoms with Crippen molar-refractivity contribution >= 4 is 6.08 Å². The number of nitrogens with zero attached hydrogens (tertiary/aromatic N) is 1. The number of halogens is 1. The van der Waals surface area contributed by atoms with Crippen molar-refractivity contribution in [2.24, 2.45) is 0 Å². The number of hydrogen-bond acceptors (Lipinski definition) is 3. The molecular weight excluding hydrogens is 249 g/mol. The molecule has 0 amide bonds. The third-order valence-electron chi connectivity index (χ3n) is 2.32. The van der Waals surface area contributed by atoms with Crippen LogP contribution in [0.2, 0.25) is 0 Å². The molecule has 4 nitrogen and oxygen atoms in total. The van der Waals surface area contributed by atoms with Crippen LogP contribution < -0.4 is 4.74 Å². The van der Waals surface area contributed by atoms with Crippen LogP contribution in [0.4, 0.5) is 4.39 Å². The summed E-state index contributed by atoms with van der Waals surface area (Å²) in [6.45, 7) is 0. The molecule has 0 saturated carbocycles. The molecular formula is C14H10FNO3. The molecule has 2 aromatic rings. The molecule has 0 aliphatic carbocycles. The maximum atomic E-state index is 12.7. The molecule has 5 heteroatoms. The smallest absolute Gasteiger partial charge is 0.235 e. The predicted molar refractivity (Wildman–Crippen MR) is 68.9 cm³/mol.